The maximum Gasteiger partial charge on any atom is 0.410 e. The number of nitrogens with two attached hydrogens (primary N) is 1. The molecule has 1 fully saturated rings. The Morgan fingerprint density at radius 1 is 0.731 bits per heavy atom. The number of pyridine rings is 1. The summed E-state index contributed by atoms with van der Waals surface area (Å²) in [5.41, 5.74) is 7.30. The summed E-state index contributed by atoms with van der Waals surface area (Å²) >= 11 is 0. The van der Waals surface area contributed by atoms with Crippen molar-refractivity contribution in [3.8, 4) is 39.8 Å². The largest absolute Gasteiger partial charge is 0.497 e. The predicted molar refractivity (Wildman–Crippen MR) is 246 cm³/mol. The predicted octanol–water partition coefficient (Wildman–Crippen LogP) is 5.63. The quantitative estimate of drug-likeness (QED) is 0.116. The highest BCUT2D eigenvalue weighted by molar-refractivity contribution is 7.94. The maximum atomic E-state index is 16.0. The van der Waals surface area contributed by atoms with Crippen LogP contribution < -0.4 is 19.9 Å². The fraction of sp³-hybridized carbons (Fsp3) is 0.304. The van der Waals surface area contributed by atoms with Crippen molar-refractivity contribution in [1.82, 2.24) is 34.4 Å². The number of tetrazole rings is 1. The molecule has 0 saturated carbocycles. The Morgan fingerprint density at radius 2 is 1.25 bits per heavy atom. The van der Waals surface area contributed by atoms with Gasteiger partial charge in [0.1, 0.15) is 38.8 Å². The number of ether oxygens (including phenoxy) is 5. The summed E-state index contributed by atoms with van der Waals surface area (Å²) in [6, 6.07) is 26.0. The van der Waals surface area contributed by atoms with Gasteiger partial charge < -0.3 is 34.3 Å². The first-order valence-corrected chi connectivity index (χ1v) is 23.7. The van der Waals surface area contributed by atoms with E-state index in [1.54, 1.807) is 101 Å². The molecule has 1 amide bonds. The number of nitrogen functional groups attached to an aromatic ring is 1. The van der Waals surface area contributed by atoms with E-state index in [9.17, 15) is 9.59 Å². The van der Waals surface area contributed by atoms with Gasteiger partial charge >= 0.3 is 12.1 Å². The van der Waals surface area contributed by atoms with E-state index < -0.39 is 52.6 Å². The number of hydrogen-bond donors (Lipinski definition) is 1. The lowest BCUT2D eigenvalue weighted by atomic mass is 9.99. The van der Waals surface area contributed by atoms with Crippen LogP contribution in [0, 0.1) is 0 Å². The third kappa shape index (κ3) is 10.5. The zero-order valence-corrected chi connectivity index (χ0v) is 39.5. The van der Waals surface area contributed by atoms with Crippen LogP contribution in [0.5, 0.6) is 17.2 Å². The van der Waals surface area contributed by atoms with E-state index in [2.05, 4.69) is 20.4 Å². The van der Waals surface area contributed by atoms with Crippen LogP contribution in [-0.2, 0) is 49.0 Å². The molecular formula is C46H50N8O11S2. The highest BCUT2D eigenvalue weighted by Gasteiger charge is 2.46. The molecule has 4 aromatic carbocycles. The number of rotatable bonds is 16. The van der Waals surface area contributed by atoms with Crippen molar-refractivity contribution in [1.29, 1.82) is 0 Å². The van der Waals surface area contributed by atoms with E-state index in [0.717, 1.165) is 9.87 Å². The topological polar surface area (TPSA) is 238 Å². The van der Waals surface area contributed by atoms with Crippen LogP contribution in [0.3, 0.4) is 0 Å². The van der Waals surface area contributed by atoms with E-state index in [1.165, 1.54) is 55.3 Å². The molecule has 67 heavy (non-hydrogen) atoms. The lowest BCUT2D eigenvalue weighted by Crippen LogP contribution is -2.57. The minimum absolute atomic E-state index is 0.0563. The lowest BCUT2D eigenvalue weighted by Gasteiger charge is -2.39. The highest BCUT2D eigenvalue weighted by Crippen LogP contribution is 2.44. The monoisotopic (exact) mass is 954 g/mol. The number of nitrogens with zero attached hydrogens (tertiary/aromatic N) is 7. The molecule has 0 unspecified atom stereocenters. The maximum absolute atomic E-state index is 16.0. The Balaban J connectivity index is 1.48. The summed E-state index contributed by atoms with van der Waals surface area (Å²) in [5.74, 6) is 0.423. The van der Waals surface area contributed by atoms with Gasteiger partial charge in [-0.15, -0.1) is 10.2 Å². The first-order valence-electron chi connectivity index (χ1n) is 20.8. The lowest BCUT2D eigenvalue weighted by molar-refractivity contribution is 0.0138. The number of likely N-dealkylation sites (tertiary alicyclic amines) is 1. The van der Waals surface area contributed by atoms with Crippen molar-refractivity contribution in [2.75, 3.05) is 47.3 Å². The van der Waals surface area contributed by atoms with Crippen molar-refractivity contribution >= 4 is 37.7 Å². The molecule has 19 nitrogen and oxygen atoms in total. The van der Waals surface area contributed by atoms with Gasteiger partial charge in [-0.3, -0.25) is 0 Å². The number of sulfone groups is 1. The van der Waals surface area contributed by atoms with Crippen LogP contribution in [0.2, 0.25) is 0 Å². The van der Waals surface area contributed by atoms with Gasteiger partial charge in [0.2, 0.25) is 15.8 Å². The summed E-state index contributed by atoms with van der Waals surface area (Å²) in [5, 5.41) is 12.0. The standard InChI is InChI=1S/C46H50N8O11S2/c1-46(2,3)65-45(56)52-27-35(28-52)66(57,58)39-23-21-36(37-20-22-38(44(55)64-7)48-42(37)47)40(43-49-51-54(50-43)26-31-12-18-34(63-6)19-13-31)41(39)67(59,60)53(24-29-8-14-32(61-4)15-9-29)25-30-10-16-33(62-5)17-11-30/h8-23,35H,24-28H2,1-7H3,(H2,47,48). The molecule has 0 atom stereocenters. The van der Waals surface area contributed by atoms with Gasteiger partial charge in [-0.1, -0.05) is 42.5 Å². The third-order valence-corrected chi connectivity index (χ3v) is 14.9. The Hall–Kier alpha value is -7.10. The Morgan fingerprint density at radius 3 is 1.75 bits per heavy atom. The average Bonchev–Trinajstić information content (AvgIpc) is 3.75. The van der Waals surface area contributed by atoms with E-state index in [0.29, 0.717) is 28.4 Å². The number of esters is 1. The SMILES string of the molecule is COC(=O)c1ccc(-c2ccc(S(=O)(=O)C3CN(C(=O)OC(C)(C)C)C3)c(S(=O)(=O)N(Cc3ccc(OC)cc3)Cc3ccc(OC)cc3)c2-c2nnn(Cc3ccc(OC)cc3)n2)c(N)n1. The third-order valence-electron chi connectivity index (χ3n) is 10.8. The minimum atomic E-state index is -5.00. The van der Waals surface area contributed by atoms with E-state index in [1.807, 2.05) is 0 Å². The van der Waals surface area contributed by atoms with Crippen LogP contribution in [0.25, 0.3) is 22.5 Å². The Kier molecular flexibility index (Phi) is 13.9. The van der Waals surface area contributed by atoms with Gasteiger partial charge in [0.05, 0.1) is 45.4 Å². The van der Waals surface area contributed by atoms with Gasteiger partial charge in [0.25, 0.3) is 0 Å². The molecule has 2 aromatic heterocycles. The number of anilines is 1. The van der Waals surface area contributed by atoms with Gasteiger partial charge in [-0.25, -0.2) is 31.4 Å². The molecule has 1 aliphatic rings. The van der Waals surface area contributed by atoms with Gasteiger partial charge in [-0.05, 0) is 103 Å². The van der Waals surface area contributed by atoms with Crippen LogP contribution >= 0.6 is 0 Å². The molecule has 21 heteroatoms. The Bertz CT molecular complexity index is 2940. The fourth-order valence-corrected chi connectivity index (χ4v) is 11.3. The fourth-order valence-electron chi connectivity index (χ4n) is 7.23. The number of methoxy groups -OCH3 is 4. The first kappa shape index (κ1) is 47.9. The number of benzene rings is 4. The number of carbonyl (C=O) groups excluding carboxylic acids is 2. The second-order valence-corrected chi connectivity index (χ2v) is 20.5. The molecule has 3 heterocycles. The summed E-state index contributed by atoms with van der Waals surface area (Å²) in [6.45, 7) is 4.10. The van der Waals surface area contributed by atoms with Crippen LogP contribution in [0.1, 0.15) is 48.0 Å². The Labute approximate surface area is 388 Å². The van der Waals surface area contributed by atoms with Crippen molar-refractivity contribution < 1.29 is 50.1 Å². The zero-order chi connectivity index (χ0) is 48.3. The van der Waals surface area contributed by atoms with Gasteiger partial charge in [-0.2, -0.15) is 9.10 Å². The molecular weight excluding hydrogens is 905 g/mol. The van der Waals surface area contributed by atoms with Gasteiger partial charge in [0, 0.05) is 31.7 Å². The van der Waals surface area contributed by atoms with Gasteiger partial charge in [0.15, 0.2) is 15.5 Å². The molecule has 352 valence electrons. The second kappa shape index (κ2) is 19.4. The number of hydrogen-bond acceptors (Lipinski definition) is 16. The molecule has 2 N–H and O–H groups in total. The number of sulfonamides is 1. The number of amides is 1. The van der Waals surface area contributed by atoms with Crippen molar-refractivity contribution in [3.05, 3.63) is 119 Å². The zero-order valence-electron chi connectivity index (χ0n) is 37.9. The highest BCUT2D eigenvalue weighted by atomic mass is 32.2. The van der Waals surface area contributed by atoms with Crippen LogP contribution in [0.4, 0.5) is 10.6 Å². The van der Waals surface area contributed by atoms with Crippen molar-refractivity contribution in [3.63, 3.8) is 0 Å². The van der Waals surface area contributed by atoms with E-state index >= 15 is 16.8 Å². The molecule has 1 saturated heterocycles. The molecule has 0 aliphatic carbocycles. The molecule has 0 spiro atoms. The number of aromatic nitrogens is 5. The molecule has 0 bridgehead atoms. The molecule has 6 aromatic rings. The summed E-state index contributed by atoms with van der Waals surface area (Å²) in [6.07, 6.45) is -0.718. The molecule has 0 radical (unpaired) electrons. The van der Waals surface area contributed by atoms with Crippen molar-refractivity contribution in [2.45, 2.75) is 61.0 Å². The number of carbonyl (C=O) groups is 2. The second-order valence-electron chi connectivity index (χ2n) is 16.4. The molecule has 7 rings (SSSR count). The van der Waals surface area contributed by atoms with Crippen LogP contribution in [-0.4, -0.2) is 116 Å². The summed E-state index contributed by atoms with van der Waals surface area (Å²) < 4.78 is 89.8. The first-order chi connectivity index (χ1) is 31.8. The smallest absolute Gasteiger partial charge is 0.410 e. The van der Waals surface area contributed by atoms with E-state index in [4.69, 9.17) is 29.4 Å². The van der Waals surface area contributed by atoms with Crippen LogP contribution in [0.15, 0.2) is 107 Å². The summed E-state index contributed by atoms with van der Waals surface area (Å²) in [7, 11) is -3.88. The van der Waals surface area contributed by atoms with Crippen molar-refractivity contribution in [2.24, 2.45) is 0 Å². The summed E-state index contributed by atoms with van der Waals surface area (Å²) in [4.78, 5) is 31.0. The minimum Gasteiger partial charge on any atom is -0.497 e. The molecule has 1 aliphatic heterocycles. The average molecular weight is 955 g/mol. The van der Waals surface area contributed by atoms with E-state index in [-0.39, 0.29) is 66.8 Å². The normalized spacial score (nSPS) is 13.2.